The Kier molecular flexibility index (Phi) is 3.54. The molecule has 0 aliphatic rings. The van der Waals surface area contributed by atoms with Gasteiger partial charge in [0.15, 0.2) is 0 Å². The van der Waals surface area contributed by atoms with Gasteiger partial charge in [-0.3, -0.25) is 0 Å². The summed E-state index contributed by atoms with van der Waals surface area (Å²) >= 11 is 1.66. The number of pyridine rings is 1. The monoisotopic (exact) mass is 245 g/mol. The number of anilines is 2. The summed E-state index contributed by atoms with van der Waals surface area (Å²) in [6.45, 7) is 2.09. The van der Waals surface area contributed by atoms with Crippen molar-refractivity contribution in [3.05, 3.63) is 47.5 Å². The fraction of sp³-hybridized carbons (Fsp3) is 0.154. The molecule has 0 amide bonds. The maximum Gasteiger partial charge on any atom is 0.147 e. The molecule has 1 heterocycles. The van der Waals surface area contributed by atoms with Gasteiger partial charge in [-0.25, -0.2) is 4.98 Å². The van der Waals surface area contributed by atoms with Crippen LogP contribution in [0.5, 0.6) is 0 Å². The Morgan fingerprint density at radius 2 is 2.00 bits per heavy atom. The van der Waals surface area contributed by atoms with E-state index in [-0.39, 0.29) is 0 Å². The second-order valence-corrected chi connectivity index (χ2v) is 4.90. The van der Waals surface area contributed by atoms with Crippen LogP contribution in [-0.2, 0) is 5.75 Å². The Hall–Kier alpha value is -1.68. The summed E-state index contributed by atoms with van der Waals surface area (Å²) < 4.78 is 0. The van der Waals surface area contributed by atoms with E-state index in [1.165, 1.54) is 11.1 Å². The van der Waals surface area contributed by atoms with Crippen LogP contribution in [0.4, 0.5) is 11.5 Å². The highest BCUT2D eigenvalue weighted by atomic mass is 32.2. The molecule has 4 N–H and O–H groups in total. The largest absolute Gasteiger partial charge is 0.396 e. The van der Waals surface area contributed by atoms with Gasteiger partial charge in [-0.2, -0.15) is 0 Å². The first-order valence-corrected chi connectivity index (χ1v) is 6.34. The quantitative estimate of drug-likeness (QED) is 0.816. The first-order chi connectivity index (χ1) is 8.15. The second kappa shape index (κ2) is 5.10. The number of aromatic nitrogens is 1. The summed E-state index contributed by atoms with van der Waals surface area (Å²) in [7, 11) is 0. The van der Waals surface area contributed by atoms with Crippen LogP contribution in [0, 0.1) is 6.92 Å². The zero-order valence-corrected chi connectivity index (χ0v) is 10.5. The van der Waals surface area contributed by atoms with E-state index in [1.807, 2.05) is 6.07 Å². The Morgan fingerprint density at radius 1 is 1.18 bits per heavy atom. The van der Waals surface area contributed by atoms with E-state index in [0.29, 0.717) is 11.5 Å². The summed E-state index contributed by atoms with van der Waals surface area (Å²) in [4.78, 5) is 4.23. The highest BCUT2D eigenvalue weighted by Gasteiger charge is 2.01. The summed E-state index contributed by atoms with van der Waals surface area (Å²) in [6, 6.07) is 12.1. The molecule has 0 saturated heterocycles. The molecule has 0 bridgehead atoms. The van der Waals surface area contributed by atoms with Gasteiger partial charge in [-0.15, -0.1) is 11.8 Å². The molecule has 3 nitrogen and oxygen atoms in total. The lowest BCUT2D eigenvalue weighted by Crippen LogP contribution is -1.98. The standard InChI is InChI=1S/C13H15N3S/c1-9-3-2-4-10(7-9)8-17-12-6-5-11(14)13(15)16-12/h2-7H,8,14H2,1H3,(H2,15,16). The van der Waals surface area contributed by atoms with Crippen LogP contribution in [0.2, 0.25) is 0 Å². The highest BCUT2D eigenvalue weighted by molar-refractivity contribution is 7.98. The molecule has 0 saturated carbocycles. The molecule has 0 atom stereocenters. The molecule has 0 radical (unpaired) electrons. The SMILES string of the molecule is Cc1cccc(CSc2ccc(N)c(N)n2)c1. The molecule has 17 heavy (non-hydrogen) atoms. The normalized spacial score (nSPS) is 10.4. The van der Waals surface area contributed by atoms with E-state index in [1.54, 1.807) is 17.8 Å². The van der Waals surface area contributed by atoms with Gasteiger partial charge in [0, 0.05) is 5.75 Å². The molecule has 0 spiro atoms. The fourth-order valence-corrected chi connectivity index (χ4v) is 2.33. The zero-order valence-electron chi connectivity index (χ0n) is 9.68. The molecule has 0 aliphatic heterocycles. The van der Waals surface area contributed by atoms with Crippen molar-refractivity contribution in [2.45, 2.75) is 17.7 Å². The Balaban J connectivity index is 2.05. The highest BCUT2D eigenvalue weighted by Crippen LogP contribution is 2.24. The third-order valence-electron chi connectivity index (χ3n) is 2.40. The van der Waals surface area contributed by atoms with Gasteiger partial charge in [-0.1, -0.05) is 29.8 Å². The topological polar surface area (TPSA) is 64.9 Å². The lowest BCUT2D eigenvalue weighted by atomic mass is 10.2. The number of rotatable bonds is 3. The Labute approximate surface area is 105 Å². The molecular weight excluding hydrogens is 230 g/mol. The van der Waals surface area contributed by atoms with Crippen LogP contribution >= 0.6 is 11.8 Å². The van der Waals surface area contributed by atoms with Gasteiger partial charge < -0.3 is 11.5 Å². The van der Waals surface area contributed by atoms with Crippen LogP contribution in [0.1, 0.15) is 11.1 Å². The van der Waals surface area contributed by atoms with E-state index in [2.05, 4.69) is 36.2 Å². The number of thioether (sulfide) groups is 1. The van der Waals surface area contributed by atoms with Gasteiger partial charge in [0.2, 0.25) is 0 Å². The third kappa shape index (κ3) is 3.14. The van der Waals surface area contributed by atoms with Crippen molar-refractivity contribution in [1.82, 2.24) is 4.98 Å². The van der Waals surface area contributed by atoms with Crippen molar-refractivity contribution in [2.24, 2.45) is 0 Å². The number of hydrogen-bond acceptors (Lipinski definition) is 4. The van der Waals surface area contributed by atoms with Crippen LogP contribution in [-0.4, -0.2) is 4.98 Å². The number of nitrogens with zero attached hydrogens (tertiary/aromatic N) is 1. The summed E-state index contributed by atoms with van der Waals surface area (Å²) in [6.07, 6.45) is 0. The minimum Gasteiger partial charge on any atom is -0.396 e. The average molecular weight is 245 g/mol. The Morgan fingerprint density at radius 3 is 2.71 bits per heavy atom. The summed E-state index contributed by atoms with van der Waals surface area (Å²) in [5, 5.41) is 0.901. The van der Waals surface area contributed by atoms with Gasteiger partial charge in [0.1, 0.15) is 5.82 Å². The van der Waals surface area contributed by atoms with E-state index in [4.69, 9.17) is 11.5 Å². The van der Waals surface area contributed by atoms with Gasteiger partial charge >= 0.3 is 0 Å². The molecular formula is C13H15N3S. The predicted molar refractivity (Wildman–Crippen MR) is 73.8 cm³/mol. The average Bonchev–Trinajstić information content (AvgIpc) is 2.31. The van der Waals surface area contributed by atoms with E-state index >= 15 is 0 Å². The molecule has 1 aromatic carbocycles. The molecule has 0 fully saturated rings. The lowest BCUT2D eigenvalue weighted by Gasteiger charge is -2.04. The van der Waals surface area contributed by atoms with E-state index in [0.717, 1.165) is 10.8 Å². The van der Waals surface area contributed by atoms with Crippen molar-refractivity contribution in [2.75, 3.05) is 11.5 Å². The molecule has 0 unspecified atom stereocenters. The van der Waals surface area contributed by atoms with Gasteiger partial charge in [-0.05, 0) is 24.6 Å². The van der Waals surface area contributed by atoms with Crippen molar-refractivity contribution in [3.8, 4) is 0 Å². The van der Waals surface area contributed by atoms with Crippen molar-refractivity contribution >= 4 is 23.3 Å². The van der Waals surface area contributed by atoms with Gasteiger partial charge in [0.25, 0.3) is 0 Å². The zero-order chi connectivity index (χ0) is 12.3. The first kappa shape index (κ1) is 11.8. The maximum atomic E-state index is 5.66. The maximum absolute atomic E-state index is 5.66. The number of nitrogen functional groups attached to an aromatic ring is 2. The van der Waals surface area contributed by atoms with Crippen molar-refractivity contribution < 1.29 is 0 Å². The van der Waals surface area contributed by atoms with E-state index in [9.17, 15) is 0 Å². The van der Waals surface area contributed by atoms with Crippen LogP contribution < -0.4 is 11.5 Å². The number of benzene rings is 1. The van der Waals surface area contributed by atoms with Crippen LogP contribution in [0.3, 0.4) is 0 Å². The van der Waals surface area contributed by atoms with Crippen molar-refractivity contribution in [1.29, 1.82) is 0 Å². The molecule has 1 aromatic heterocycles. The molecule has 2 rings (SSSR count). The first-order valence-electron chi connectivity index (χ1n) is 5.35. The molecule has 88 valence electrons. The fourth-order valence-electron chi connectivity index (χ4n) is 1.51. The number of nitrogens with two attached hydrogens (primary N) is 2. The smallest absolute Gasteiger partial charge is 0.147 e. The molecule has 4 heteroatoms. The summed E-state index contributed by atoms with van der Waals surface area (Å²) in [5.41, 5.74) is 14.4. The molecule has 0 aliphatic carbocycles. The number of hydrogen-bond donors (Lipinski definition) is 2. The Bertz CT molecular complexity index is 526. The van der Waals surface area contributed by atoms with Gasteiger partial charge in [0.05, 0.1) is 10.7 Å². The second-order valence-electron chi connectivity index (χ2n) is 3.90. The minimum absolute atomic E-state index is 0.402. The minimum atomic E-state index is 0.402. The van der Waals surface area contributed by atoms with Crippen LogP contribution in [0.25, 0.3) is 0 Å². The number of aryl methyl sites for hydroxylation is 1. The van der Waals surface area contributed by atoms with Crippen molar-refractivity contribution in [3.63, 3.8) is 0 Å². The predicted octanol–water partition coefficient (Wildman–Crippen LogP) is 2.85. The van der Waals surface area contributed by atoms with E-state index < -0.39 is 0 Å². The van der Waals surface area contributed by atoms with Crippen LogP contribution in [0.15, 0.2) is 41.4 Å². The lowest BCUT2D eigenvalue weighted by molar-refractivity contribution is 1.14. The third-order valence-corrected chi connectivity index (χ3v) is 3.40. The summed E-state index contributed by atoms with van der Waals surface area (Å²) in [5.74, 6) is 1.29. The molecule has 2 aromatic rings.